The predicted molar refractivity (Wildman–Crippen MR) is 103 cm³/mol. The van der Waals surface area contributed by atoms with Gasteiger partial charge in [-0.15, -0.1) is 0 Å². The minimum absolute atomic E-state index is 0.185. The van der Waals surface area contributed by atoms with Crippen LogP contribution in [0.25, 0.3) is 0 Å². The summed E-state index contributed by atoms with van der Waals surface area (Å²) in [6, 6.07) is 6.21. The Morgan fingerprint density at radius 1 is 1.14 bits per heavy atom. The summed E-state index contributed by atoms with van der Waals surface area (Å²) in [6.45, 7) is 2.04. The number of methoxy groups -OCH3 is 2. The Morgan fingerprint density at radius 2 is 2.00 bits per heavy atom. The van der Waals surface area contributed by atoms with Crippen LogP contribution in [-0.4, -0.2) is 55.7 Å². The van der Waals surface area contributed by atoms with E-state index in [2.05, 4.69) is 11.0 Å². The number of Topliss-reactive ketones (excluding diaryl/α,β-unsaturated/α-hetero) is 1. The summed E-state index contributed by atoms with van der Waals surface area (Å²) >= 11 is 0. The average molecular weight is 382 g/mol. The van der Waals surface area contributed by atoms with Crippen LogP contribution in [0, 0.1) is 5.41 Å². The second kappa shape index (κ2) is 5.09. The number of rotatable bonds is 1. The van der Waals surface area contributed by atoms with Crippen molar-refractivity contribution in [3.05, 3.63) is 23.8 Å². The summed E-state index contributed by atoms with van der Waals surface area (Å²) in [6.07, 6.45) is 4.92. The van der Waals surface area contributed by atoms with Gasteiger partial charge in [0, 0.05) is 23.3 Å². The van der Waals surface area contributed by atoms with Gasteiger partial charge in [0.15, 0.2) is 0 Å². The average Bonchev–Trinajstić information content (AvgIpc) is 3.23. The van der Waals surface area contributed by atoms with Crippen molar-refractivity contribution < 1.29 is 19.1 Å². The summed E-state index contributed by atoms with van der Waals surface area (Å²) < 4.78 is 10.8. The molecule has 2 saturated heterocycles. The molecule has 6 nitrogen and oxygen atoms in total. The van der Waals surface area contributed by atoms with Crippen LogP contribution in [0.2, 0.25) is 0 Å². The maximum Gasteiger partial charge on any atom is 0.414 e. The van der Waals surface area contributed by atoms with Crippen LogP contribution in [0.15, 0.2) is 18.2 Å². The van der Waals surface area contributed by atoms with E-state index in [0.29, 0.717) is 12.2 Å². The molecule has 0 N–H and O–H groups in total. The molecule has 0 radical (unpaired) electrons. The second-order valence-electron chi connectivity index (χ2n) is 9.24. The molecule has 1 aromatic carbocycles. The number of hydrogen-bond donors (Lipinski definition) is 0. The van der Waals surface area contributed by atoms with E-state index in [1.165, 1.54) is 12.7 Å². The molecule has 148 valence electrons. The fraction of sp³-hybridized carbons (Fsp3) is 0.636. The summed E-state index contributed by atoms with van der Waals surface area (Å²) in [7, 11) is 3.12. The van der Waals surface area contributed by atoms with Gasteiger partial charge in [0.2, 0.25) is 0 Å². The maximum atomic E-state index is 13.6. The Balaban J connectivity index is 1.68. The van der Waals surface area contributed by atoms with Gasteiger partial charge in [-0.25, -0.2) is 4.79 Å². The highest BCUT2D eigenvalue weighted by molar-refractivity contribution is 6.00. The number of ether oxygens (including phenoxy) is 2. The Morgan fingerprint density at radius 3 is 2.75 bits per heavy atom. The van der Waals surface area contributed by atoms with Crippen LogP contribution in [0.4, 0.5) is 10.5 Å². The van der Waals surface area contributed by atoms with Crippen LogP contribution < -0.4 is 9.64 Å². The third-order valence-electron chi connectivity index (χ3n) is 8.75. The molecule has 7 rings (SSSR count). The highest BCUT2D eigenvalue weighted by atomic mass is 16.5. The largest absolute Gasteiger partial charge is 0.497 e. The molecule has 2 bridgehead atoms. The molecule has 6 aliphatic rings. The van der Waals surface area contributed by atoms with Crippen molar-refractivity contribution in [3.8, 4) is 5.75 Å². The zero-order valence-electron chi connectivity index (χ0n) is 16.5. The lowest BCUT2D eigenvalue weighted by Crippen LogP contribution is -2.78. The lowest BCUT2D eigenvalue weighted by molar-refractivity contribution is -0.159. The third kappa shape index (κ3) is 1.52. The normalized spacial score (nSPS) is 40.1. The van der Waals surface area contributed by atoms with Gasteiger partial charge in [-0.1, -0.05) is 0 Å². The molecule has 1 aromatic rings. The second-order valence-corrected chi connectivity index (χ2v) is 9.24. The zero-order chi connectivity index (χ0) is 19.3. The lowest BCUT2D eigenvalue weighted by atomic mass is 9.41. The molecular formula is C22H26N2O4. The van der Waals surface area contributed by atoms with Crippen LogP contribution in [-0.2, 0) is 14.9 Å². The molecule has 4 atom stereocenters. The van der Waals surface area contributed by atoms with Gasteiger partial charge < -0.3 is 9.47 Å². The van der Waals surface area contributed by atoms with Gasteiger partial charge in [-0.3, -0.25) is 14.6 Å². The van der Waals surface area contributed by atoms with E-state index in [0.717, 1.165) is 56.6 Å². The molecule has 3 spiro atoms. The monoisotopic (exact) mass is 382 g/mol. The number of benzene rings is 1. The van der Waals surface area contributed by atoms with Crippen molar-refractivity contribution in [1.82, 2.24) is 4.90 Å². The number of ketones is 1. The number of amides is 1. The highest BCUT2D eigenvalue weighted by Gasteiger charge is 2.80. The molecule has 3 aliphatic heterocycles. The van der Waals surface area contributed by atoms with Crippen molar-refractivity contribution in [3.63, 3.8) is 0 Å². The first-order chi connectivity index (χ1) is 13.5. The molecule has 3 aliphatic carbocycles. The number of piperidine rings is 1. The Hall–Kier alpha value is -2.08. The first-order valence-electron chi connectivity index (χ1n) is 10.4. The van der Waals surface area contributed by atoms with Crippen molar-refractivity contribution in [1.29, 1.82) is 0 Å². The van der Waals surface area contributed by atoms with E-state index < -0.39 is 5.54 Å². The number of anilines is 1. The summed E-state index contributed by atoms with van der Waals surface area (Å²) in [5.41, 5.74) is 1.12. The summed E-state index contributed by atoms with van der Waals surface area (Å²) in [5.74, 6) is 1.17. The quantitative estimate of drug-likeness (QED) is 0.748. The van der Waals surface area contributed by atoms with Crippen molar-refractivity contribution in [2.75, 3.05) is 32.2 Å². The van der Waals surface area contributed by atoms with Gasteiger partial charge in [0.1, 0.15) is 11.5 Å². The first kappa shape index (κ1) is 16.8. The van der Waals surface area contributed by atoms with E-state index in [-0.39, 0.29) is 23.0 Å². The molecule has 5 fully saturated rings. The molecule has 6 heteroatoms. The van der Waals surface area contributed by atoms with Crippen molar-refractivity contribution in [2.24, 2.45) is 5.41 Å². The molecule has 0 unspecified atom stereocenters. The van der Waals surface area contributed by atoms with Gasteiger partial charge >= 0.3 is 6.09 Å². The van der Waals surface area contributed by atoms with Gasteiger partial charge in [-0.2, -0.15) is 0 Å². The Labute approximate surface area is 164 Å². The number of hydrogen-bond acceptors (Lipinski definition) is 5. The molecule has 0 aromatic heterocycles. The first-order valence-corrected chi connectivity index (χ1v) is 10.4. The fourth-order valence-electron chi connectivity index (χ4n) is 7.93. The number of nitrogens with zero attached hydrogens (tertiary/aromatic N) is 2. The van der Waals surface area contributed by atoms with E-state index >= 15 is 0 Å². The van der Waals surface area contributed by atoms with Crippen LogP contribution >= 0.6 is 0 Å². The lowest BCUT2D eigenvalue weighted by Gasteiger charge is -2.66. The number of fused-ring (bicyclic) bond motifs is 3. The van der Waals surface area contributed by atoms with Crippen LogP contribution in [0.1, 0.15) is 44.1 Å². The van der Waals surface area contributed by atoms with Gasteiger partial charge in [0.25, 0.3) is 0 Å². The van der Waals surface area contributed by atoms with Gasteiger partial charge in [-0.05, 0) is 69.0 Å². The third-order valence-corrected chi connectivity index (χ3v) is 8.75. The topological polar surface area (TPSA) is 59.1 Å². The highest BCUT2D eigenvalue weighted by Crippen LogP contribution is 2.73. The Bertz CT molecular complexity index is 916. The van der Waals surface area contributed by atoms with E-state index in [4.69, 9.17) is 9.47 Å². The smallest absolute Gasteiger partial charge is 0.414 e. The van der Waals surface area contributed by atoms with E-state index in [1.807, 2.05) is 17.0 Å². The van der Waals surface area contributed by atoms with Crippen molar-refractivity contribution >= 4 is 17.6 Å². The van der Waals surface area contributed by atoms with Crippen LogP contribution in [0.5, 0.6) is 5.75 Å². The number of carbonyl (C=O) groups excluding carboxylic acids is 2. The maximum absolute atomic E-state index is 13.6. The SMILES string of the molecule is COC(=O)N1c2ccc(OC)cc2[C@@]23CCN4CCC[C@]5(CC[C@]12CC5=O)[C@H]43. The van der Waals surface area contributed by atoms with Crippen molar-refractivity contribution in [2.45, 2.75) is 55.5 Å². The number of carbonyl (C=O) groups is 2. The minimum Gasteiger partial charge on any atom is -0.497 e. The molecular weight excluding hydrogens is 356 g/mol. The zero-order valence-corrected chi connectivity index (χ0v) is 16.5. The van der Waals surface area contributed by atoms with Crippen LogP contribution in [0.3, 0.4) is 0 Å². The summed E-state index contributed by atoms with van der Waals surface area (Å²) in [4.78, 5) is 31.0. The standard InChI is InChI=1S/C22H26N2O4/c1-27-14-4-5-16-15(12-14)22-9-11-23-10-3-6-20(18(22)23)7-8-21(22,13-17(20)25)24(16)19(26)28-2/h4-5,12,18H,3,6-11,13H2,1-2H3/t18-,20+,21+,22+/m0/s1. The Kier molecular flexibility index (Phi) is 3.06. The summed E-state index contributed by atoms with van der Waals surface area (Å²) in [5, 5.41) is 0. The molecule has 28 heavy (non-hydrogen) atoms. The van der Waals surface area contributed by atoms with Gasteiger partial charge in [0.05, 0.1) is 25.4 Å². The van der Waals surface area contributed by atoms with E-state index in [1.54, 1.807) is 7.11 Å². The molecule has 1 amide bonds. The minimum atomic E-state index is -0.510. The molecule has 3 saturated carbocycles. The fourth-order valence-corrected chi connectivity index (χ4v) is 7.93. The molecule has 3 heterocycles. The van der Waals surface area contributed by atoms with E-state index in [9.17, 15) is 9.59 Å². The predicted octanol–water partition coefficient (Wildman–Crippen LogP) is 2.88.